The summed E-state index contributed by atoms with van der Waals surface area (Å²) in [6, 6.07) is 14.5. The van der Waals surface area contributed by atoms with E-state index in [2.05, 4.69) is 9.88 Å². The number of pyridine rings is 1. The first-order valence-electron chi connectivity index (χ1n) is 9.81. The Labute approximate surface area is 172 Å². The van der Waals surface area contributed by atoms with E-state index < -0.39 is 29.7 Å². The van der Waals surface area contributed by atoms with E-state index in [1.165, 1.54) is 12.1 Å². The number of likely N-dealkylation sites (tertiary alicyclic amines) is 1. The number of aromatic nitrogens is 1. The maximum absolute atomic E-state index is 13.3. The fourth-order valence-corrected chi connectivity index (χ4v) is 4.14. The number of hydrogen-bond acceptors (Lipinski definition) is 3. The van der Waals surface area contributed by atoms with Crippen molar-refractivity contribution in [2.45, 2.75) is 25.1 Å². The van der Waals surface area contributed by atoms with Crippen molar-refractivity contribution in [1.29, 1.82) is 0 Å². The SMILES string of the molecule is O=C(O)C1CCN(C(c2cccc(C(F)(F)F)c2)c2cnc3ccccc3c2)CC1. The summed E-state index contributed by atoms with van der Waals surface area (Å²) in [6.45, 7) is 0.982. The van der Waals surface area contributed by atoms with E-state index in [4.69, 9.17) is 0 Å². The topological polar surface area (TPSA) is 53.4 Å². The van der Waals surface area contributed by atoms with E-state index in [1.54, 1.807) is 12.3 Å². The van der Waals surface area contributed by atoms with Crippen molar-refractivity contribution in [3.05, 3.63) is 77.5 Å². The number of piperidine rings is 1. The zero-order valence-corrected chi connectivity index (χ0v) is 16.1. The molecule has 4 nitrogen and oxygen atoms in total. The molecule has 1 saturated heterocycles. The number of nitrogens with zero attached hydrogens (tertiary/aromatic N) is 2. The minimum Gasteiger partial charge on any atom is -0.481 e. The van der Waals surface area contributed by atoms with Crippen LogP contribution in [0.1, 0.15) is 35.6 Å². The van der Waals surface area contributed by atoms with Crippen LogP contribution in [-0.4, -0.2) is 34.0 Å². The van der Waals surface area contributed by atoms with E-state index in [1.807, 2.05) is 30.3 Å². The van der Waals surface area contributed by atoms with Crippen LogP contribution < -0.4 is 0 Å². The number of hydrogen-bond donors (Lipinski definition) is 1. The molecule has 1 N–H and O–H groups in total. The maximum atomic E-state index is 13.3. The first-order valence-corrected chi connectivity index (χ1v) is 9.81. The molecule has 2 heterocycles. The molecule has 1 aromatic heterocycles. The predicted octanol–water partition coefficient (Wildman–Crippen LogP) is 5.14. The van der Waals surface area contributed by atoms with Gasteiger partial charge in [0.2, 0.25) is 0 Å². The van der Waals surface area contributed by atoms with Crippen LogP contribution in [0.2, 0.25) is 0 Å². The van der Waals surface area contributed by atoms with Crippen molar-refractivity contribution in [2.75, 3.05) is 13.1 Å². The minimum atomic E-state index is -4.43. The highest BCUT2D eigenvalue weighted by Gasteiger charge is 2.34. The molecule has 0 bridgehead atoms. The van der Waals surface area contributed by atoms with Crippen LogP contribution in [0.5, 0.6) is 0 Å². The van der Waals surface area contributed by atoms with Gasteiger partial charge in [-0.05, 0) is 61.3 Å². The van der Waals surface area contributed by atoms with Gasteiger partial charge in [-0.3, -0.25) is 14.7 Å². The highest BCUT2D eigenvalue weighted by Crippen LogP contribution is 2.36. The Bertz CT molecular complexity index is 1060. The molecule has 0 spiro atoms. The Kier molecular flexibility index (Phi) is 5.47. The Morgan fingerprint density at radius 1 is 1.03 bits per heavy atom. The summed E-state index contributed by atoms with van der Waals surface area (Å²) < 4.78 is 40.0. The van der Waals surface area contributed by atoms with Gasteiger partial charge in [-0.1, -0.05) is 30.3 Å². The Morgan fingerprint density at radius 2 is 1.77 bits per heavy atom. The van der Waals surface area contributed by atoms with Gasteiger partial charge in [-0.2, -0.15) is 13.2 Å². The molecule has 156 valence electrons. The normalized spacial score (nSPS) is 17.2. The molecule has 1 atom stereocenters. The van der Waals surface area contributed by atoms with Gasteiger partial charge in [0, 0.05) is 11.6 Å². The van der Waals surface area contributed by atoms with Crippen molar-refractivity contribution in [1.82, 2.24) is 9.88 Å². The maximum Gasteiger partial charge on any atom is 0.416 e. The van der Waals surface area contributed by atoms with Crippen LogP contribution in [0.25, 0.3) is 10.9 Å². The van der Waals surface area contributed by atoms with Gasteiger partial charge in [0.15, 0.2) is 0 Å². The lowest BCUT2D eigenvalue weighted by atomic mass is 9.91. The van der Waals surface area contributed by atoms with Gasteiger partial charge < -0.3 is 5.11 Å². The lowest BCUT2D eigenvalue weighted by molar-refractivity contribution is -0.143. The van der Waals surface area contributed by atoms with Crippen LogP contribution in [-0.2, 0) is 11.0 Å². The zero-order valence-electron chi connectivity index (χ0n) is 16.1. The van der Waals surface area contributed by atoms with Crippen LogP contribution in [0.4, 0.5) is 13.2 Å². The molecule has 0 radical (unpaired) electrons. The number of halogens is 3. The van der Waals surface area contributed by atoms with Crippen molar-refractivity contribution < 1.29 is 23.1 Å². The molecule has 7 heteroatoms. The van der Waals surface area contributed by atoms with Crippen molar-refractivity contribution in [3.63, 3.8) is 0 Å². The fourth-order valence-electron chi connectivity index (χ4n) is 4.14. The highest BCUT2D eigenvalue weighted by atomic mass is 19.4. The Morgan fingerprint density at radius 3 is 2.47 bits per heavy atom. The summed E-state index contributed by atoms with van der Waals surface area (Å²) >= 11 is 0. The van der Waals surface area contributed by atoms with E-state index in [0.29, 0.717) is 31.5 Å². The molecular weight excluding hydrogens is 393 g/mol. The number of carbonyl (C=O) groups is 1. The van der Waals surface area contributed by atoms with Gasteiger partial charge in [0.05, 0.1) is 23.0 Å². The number of para-hydroxylation sites is 1. The third kappa shape index (κ3) is 4.16. The minimum absolute atomic E-state index is 0.418. The summed E-state index contributed by atoms with van der Waals surface area (Å²) in [5.74, 6) is -1.24. The van der Waals surface area contributed by atoms with E-state index in [0.717, 1.165) is 22.5 Å². The van der Waals surface area contributed by atoms with Gasteiger partial charge in [0.25, 0.3) is 0 Å². The van der Waals surface area contributed by atoms with E-state index in [9.17, 15) is 23.1 Å². The first-order chi connectivity index (χ1) is 14.3. The van der Waals surface area contributed by atoms with Gasteiger partial charge in [0.1, 0.15) is 0 Å². The predicted molar refractivity (Wildman–Crippen MR) is 107 cm³/mol. The summed E-state index contributed by atoms with van der Waals surface area (Å²) in [6.07, 6.45) is -1.80. The number of fused-ring (bicyclic) bond motifs is 1. The van der Waals surface area contributed by atoms with Crippen molar-refractivity contribution >= 4 is 16.9 Å². The zero-order chi connectivity index (χ0) is 21.3. The summed E-state index contributed by atoms with van der Waals surface area (Å²) in [7, 11) is 0. The number of rotatable bonds is 4. The van der Waals surface area contributed by atoms with Gasteiger partial charge >= 0.3 is 12.1 Å². The fraction of sp³-hybridized carbons (Fsp3) is 0.304. The number of aliphatic carboxylic acids is 1. The number of alkyl halides is 3. The molecule has 4 rings (SSSR count). The molecule has 0 saturated carbocycles. The van der Waals surface area contributed by atoms with Crippen LogP contribution in [0.3, 0.4) is 0 Å². The Balaban J connectivity index is 1.76. The standard InChI is InChI=1S/C23H21F3N2O2/c24-23(25,26)19-6-3-5-17(13-19)21(28-10-8-15(9-11-28)22(29)30)18-12-16-4-1-2-7-20(16)27-14-18/h1-7,12-15,21H,8-11H2,(H,29,30). The quantitative estimate of drug-likeness (QED) is 0.642. The number of benzene rings is 2. The molecule has 1 aliphatic heterocycles. The summed E-state index contributed by atoms with van der Waals surface area (Å²) in [4.78, 5) is 17.9. The second-order valence-corrected chi connectivity index (χ2v) is 7.64. The average molecular weight is 414 g/mol. The molecule has 0 amide bonds. The van der Waals surface area contributed by atoms with Crippen molar-refractivity contribution in [2.24, 2.45) is 5.92 Å². The lowest BCUT2D eigenvalue weighted by Gasteiger charge is -2.37. The van der Waals surface area contributed by atoms with Crippen LogP contribution >= 0.6 is 0 Å². The molecule has 0 aliphatic carbocycles. The molecule has 30 heavy (non-hydrogen) atoms. The average Bonchev–Trinajstić information content (AvgIpc) is 2.74. The monoisotopic (exact) mass is 414 g/mol. The van der Waals surface area contributed by atoms with E-state index in [-0.39, 0.29) is 0 Å². The summed E-state index contributed by atoms with van der Waals surface area (Å²) in [5, 5.41) is 10.2. The molecule has 3 aromatic rings. The molecule has 1 aliphatic rings. The smallest absolute Gasteiger partial charge is 0.416 e. The third-order valence-corrected chi connectivity index (χ3v) is 5.70. The number of carboxylic acids is 1. The lowest BCUT2D eigenvalue weighted by Crippen LogP contribution is -2.39. The van der Waals surface area contributed by atoms with E-state index >= 15 is 0 Å². The van der Waals surface area contributed by atoms with Crippen LogP contribution in [0.15, 0.2) is 60.8 Å². The number of carboxylic acid groups (broad SMARTS) is 1. The highest BCUT2D eigenvalue weighted by molar-refractivity contribution is 5.79. The second-order valence-electron chi connectivity index (χ2n) is 7.64. The summed E-state index contributed by atoms with van der Waals surface area (Å²) in [5.41, 5.74) is 1.44. The van der Waals surface area contributed by atoms with Gasteiger partial charge in [-0.25, -0.2) is 0 Å². The molecule has 2 aromatic carbocycles. The third-order valence-electron chi connectivity index (χ3n) is 5.70. The Hall–Kier alpha value is -2.93. The molecular formula is C23H21F3N2O2. The van der Waals surface area contributed by atoms with Crippen LogP contribution in [0, 0.1) is 5.92 Å². The largest absolute Gasteiger partial charge is 0.481 e. The first kappa shape index (κ1) is 20.3. The second kappa shape index (κ2) is 8.07. The molecule has 1 fully saturated rings. The van der Waals surface area contributed by atoms with Gasteiger partial charge in [-0.15, -0.1) is 0 Å². The van der Waals surface area contributed by atoms with Crippen molar-refractivity contribution in [3.8, 4) is 0 Å². The molecule has 1 unspecified atom stereocenters.